The summed E-state index contributed by atoms with van der Waals surface area (Å²) in [4.78, 5) is 17.5. The SMILES string of the molecule is O=C(C1CCCN1Cc1ccc(F)cc1)N1CCC2(CCOCC2)CC1. The zero-order valence-corrected chi connectivity index (χ0v) is 15.5. The van der Waals surface area contributed by atoms with Crippen molar-refractivity contribution in [3.8, 4) is 0 Å². The van der Waals surface area contributed by atoms with Gasteiger partial charge in [-0.1, -0.05) is 12.1 Å². The number of benzene rings is 1. The molecule has 0 aromatic heterocycles. The molecule has 4 rings (SSSR count). The predicted octanol–water partition coefficient (Wildman–Crippen LogP) is 3.21. The Kier molecular flexibility index (Phi) is 5.28. The zero-order valence-electron chi connectivity index (χ0n) is 15.5. The van der Waals surface area contributed by atoms with Crippen LogP contribution in [0.1, 0.15) is 44.1 Å². The highest BCUT2D eigenvalue weighted by Crippen LogP contribution is 2.41. The van der Waals surface area contributed by atoms with Gasteiger partial charge in [-0.3, -0.25) is 9.69 Å². The van der Waals surface area contributed by atoms with Crippen molar-refractivity contribution in [1.82, 2.24) is 9.80 Å². The Morgan fingerprint density at radius 3 is 2.46 bits per heavy atom. The first-order valence-electron chi connectivity index (χ1n) is 10.0. The van der Waals surface area contributed by atoms with Crippen LogP contribution in [0.4, 0.5) is 4.39 Å². The van der Waals surface area contributed by atoms with Crippen molar-refractivity contribution in [3.63, 3.8) is 0 Å². The maximum absolute atomic E-state index is 13.1. The van der Waals surface area contributed by atoms with Gasteiger partial charge in [-0.2, -0.15) is 0 Å². The Bertz CT molecular complexity index is 617. The predicted molar refractivity (Wildman–Crippen MR) is 98.1 cm³/mol. The molecule has 1 atom stereocenters. The highest BCUT2D eigenvalue weighted by Gasteiger charge is 2.40. The summed E-state index contributed by atoms with van der Waals surface area (Å²) in [6.07, 6.45) is 6.53. The third-order valence-corrected chi connectivity index (χ3v) is 6.64. The number of nitrogens with zero attached hydrogens (tertiary/aromatic N) is 2. The summed E-state index contributed by atoms with van der Waals surface area (Å²) in [6, 6.07) is 6.64. The van der Waals surface area contributed by atoms with Crippen LogP contribution in [0.3, 0.4) is 0 Å². The van der Waals surface area contributed by atoms with Crippen LogP contribution < -0.4 is 0 Å². The van der Waals surface area contributed by atoms with E-state index in [9.17, 15) is 9.18 Å². The molecule has 1 spiro atoms. The van der Waals surface area contributed by atoms with Gasteiger partial charge in [-0.05, 0) is 68.2 Å². The van der Waals surface area contributed by atoms with Crippen LogP contribution in [-0.4, -0.2) is 54.6 Å². The number of likely N-dealkylation sites (tertiary alicyclic amines) is 2. The van der Waals surface area contributed by atoms with Gasteiger partial charge >= 0.3 is 0 Å². The lowest BCUT2D eigenvalue weighted by Gasteiger charge is -2.45. The van der Waals surface area contributed by atoms with Gasteiger partial charge in [0.1, 0.15) is 5.82 Å². The fourth-order valence-electron chi connectivity index (χ4n) is 4.84. The Morgan fingerprint density at radius 1 is 1.08 bits per heavy atom. The fraction of sp³-hybridized carbons (Fsp3) is 0.667. The second-order valence-corrected chi connectivity index (χ2v) is 8.19. The molecular formula is C21H29FN2O2. The van der Waals surface area contributed by atoms with E-state index in [1.807, 2.05) is 12.1 Å². The molecule has 0 bridgehead atoms. The summed E-state index contributed by atoms with van der Waals surface area (Å²) < 4.78 is 18.6. The van der Waals surface area contributed by atoms with Crippen molar-refractivity contribution in [2.24, 2.45) is 5.41 Å². The van der Waals surface area contributed by atoms with Gasteiger partial charge in [0.15, 0.2) is 0 Å². The number of piperidine rings is 1. The smallest absolute Gasteiger partial charge is 0.239 e. The molecule has 1 aromatic carbocycles. The normalized spacial score (nSPS) is 26.3. The fourth-order valence-corrected chi connectivity index (χ4v) is 4.84. The van der Waals surface area contributed by atoms with E-state index in [1.54, 1.807) is 0 Å². The third-order valence-electron chi connectivity index (χ3n) is 6.64. The largest absolute Gasteiger partial charge is 0.381 e. The van der Waals surface area contributed by atoms with Crippen molar-refractivity contribution >= 4 is 5.91 Å². The average molecular weight is 360 g/mol. The third kappa shape index (κ3) is 3.79. The molecule has 4 nitrogen and oxygen atoms in total. The average Bonchev–Trinajstić information content (AvgIpc) is 3.12. The number of rotatable bonds is 3. The summed E-state index contributed by atoms with van der Waals surface area (Å²) >= 11 is 0. The molecule has 0 N–H and O–H groups in total. The molecule has 3 aliphatic heterocycles. The van der Waals surface area contributed by atoms with Gasteiger partial charge < -0.3 is 9.64 Å². The van der Waals surface area contributed by atoms with Crippen LogP contribution in [0.2, 0.25) is 0 Å². The van der Waals surface area contributed by atoms with E-state index >= 15 is 0 Å². The molecule has 26 heavy (non-hydrogen) atoms. The van der Waals surface area contributed by atoms with Crippen molar-refractivity contribution in [1.29, 1.82) is 0 Å². The molecule has 3 fully saturated rings. The van der Waals surface area contributed by atoms with Crippen LogP contribution in [0.15, 0.2) is 24.3 Å². The first-order valence-corrected chi connectivity index (χ1v) is 10.0. The summed E-state index contributed by atoms with van der Waals surface area (Å²) in [6.45, 7) is 5.21. The molecule has 142 valence electrons. The number of hydrogen-bond acceptors (Lipinski definition) is 3. The Morgan fingerprint density at radius 2 is 1.77 bits per heavy atom. The first kappa shape index (κ1) is 17.9. The molecule has 1 unspecified atom stereocenters. The molecule has 3 saturated heterocycles. The Labute approximate surface area is 155 Å². The quantitative estimate of drug-likeness (QED) is 0.830. The number of halogens is 1. The first-order chi connectivity index (χ1) is 12.7. The van der Waals surface area contributed by atoms with E-state index < -0.39 is 0 Å². The molecule has 1 aromatic rings. The van der Waals surface area contributed by atoms with E-state index in [4.69, 9.17) is 4.74 Å². The summed E-state index contributed by atoms with van der Waals surface area (Å²) in [5, 5.41) is 0. The monoisotopic (exact) mass is 360 g/mol. The maximum Gasteiger partial charge on any atom is 0.239 e. The van der Waals surface area contributed by atoms with Crippen LogP contribution in [0.25, 0.3) is 0 Å². The Hall–Kier alpha value is -1.46. The van der Waals surface area contributed by atoms with E-state index in [0.29, 0.717) is 11.3 Å². The number of ether oxygens (including phenoxy) is 1. The minimum atomic E-state index is -0.210. The van der Waals surface area contributed by atoms with Gasteiger partial charge in [-0.15, -0.1) is 0 Å². The van der Waals surface area contributed by atoms with Crippen LogP contribution >= 0.6 is 0 Å². The van der Waals surface area contributed by atoms with Gasteiger partial charge in [0.25, 0.3) is 0 Å². The molecule has 1 amide bonds. The molecule has 0 radical (unpaired) electrons. The van der Waals surface area contributed by atoms with Crippen molar-refractivity contribution in [3.05, 3.63) is 35.6 Å². The molecule has 5 heteroatoms. The maximum atomic E-state index is 13.1. The minimum Gasteiger partial charge on any atom is -0.381 e. The van der Waals surface area contributed by atoms with E-state index in [1.165, 1.54) is 12.1 Å². The van der Waals surface area contributed by atoms with E-state index in [-0.39, 0.29) is 11.9 Å². The minimum absolute atomic E-state index is 0.0104. The van der Waals surface area contributed by atoms with Gasteiger partial charge in [-0.25, -0.2) is 4.39 Å². The lowest BCUT2D eigenvalue weighted by Crippen LogP contribution is -2.51. The van der Waals surface area contributed by atoms with Gasteiger partial charge in [0.2, 0.25) is 5.91 Å². The van der Waals surface area contributed by atoms with Crippen LogP contribution in [-0.2, 0) is 16.1 Å². The highest BCUT2D eigenvalue weighted by atomic mass is 19.1. The Balaban J connectivity index is 1.35. The lowest BCUT2D eigenvalue weighted by molar-refractivity contribution is -0.139. The van der Waals surface area contributed by atoms with Gasteiger partial charge in [0, 0.05) is 32.8 Å². The molecule has 3 heterocycles. The van der Waals surface area contributed by atoms with Crippen LogP contribution in [0, 0.1) is 11.2 Å². The summed E-state index contributed by atoms with van der Waals surface area (Å²) in [5.74, 6) is 0.0877. The second kappa shape index (κ2) is 7.65. The lowest BCUT2D eigenvalue weighted by atomic mass is 9.72. The van der Waals surface area contributed by atoms with E-state index in [0.717, 1.165) is 83.5 Å². The molecular weight excluding hydrogens is 331 g/mol. The summed E-state index contributed by atoms with van der Waals surface area (Å²) in [5.41, 5.74) is 1.49. The van der Waals surface area contributed by atoms with Gasteiger partial charge in [0.05, 0.1) is 6.04 Å². The van der Waals surface area contributed by atoms with Crippen molar-refractivity contribution < 1.29 is 13.9 Å². The highest BCUT2D eigenvalue weighted by molar-refractivity contribution is 5.82. The van der Waals surface area contributed by atoms with Crippen LogP contribution in [0.5, 0.6) is 0 Å². The van der Waals surface area contributed by atoms with Crippen molar-refractivity contribution in [2.75, 3.05) is 32.8 Å². The molecule has 0 aliphatic carbocycles. The number of carbonyl (C=O) groups is 1. The number of carbonyl (C=O) groups excluding carboxylic acids is 1. The molecule has 3 aliphatic rings. The summed E-state index contributed by atoms with van der Waals surface area (Å²) in [7, 11) is 0. The van der Waals surface area contributed by atoms with E-state index in [2.05, 4.69) is 9.80 Å². The number of hydrogen-bond donors (Lipinski definition) is 0. The second-order valence-electron chi connectivity index (χ2n) is 8.19. The number of amides is 1. The molecule has 0 saturated carbocycles. The topological polar surface area (TPSA) is 32.8 Å². The van der Waals surface area contributed by atoms with Crippen molar-refractivity contribution in [2.45, 2.75) is 51.1 Å². The zero-order chi connectivity index (χ0) is 18.0. The standard InChI is InChI=1S/C21H29FN2O2/c22-18-5-3-17(4-6-18)16-24-11-1-2-19(24)20(25)23-12-7-21(8-13-23)9-14-26-15-10-21/h3-6,19H,1-2,7-16H2.